The number of unbranched alkanes of at least 4 members (excludes halogenated alkanes) is 2. The Bertz CT molecular complexity index is 11.9. The molecule has 0 aliphatic rings. The number of rotatable bonds is 2. The van der Waals surface area contributed by atoms with E-state index in [-0.39, 0.29) is 51.4 Å². The van der Waals surface area contributed by atoms with Gasteiger partial charge in [-0.3, -0.25) is 0 Å². The minimum Gasteiger partial charge on any atom is -0.346 e. The minimum absolute atomic E-state index is 0. The molecule has 1 heteroatoms. The van der Waals surface area contributed by atoms with E-state index in [4.69, 9.17) is 0 Å². The zero-order valence-corrected chi connectivity index (χ0v) is 9.95. The second kappa shape index (κ2) is 23.4. The van der Waals surface area contributed by atoms with Crippen LogP contribution in [-0.2, 0) is 0 Å². The third-order valence-corrected chi connectivity index (χ3v) is 0.707. The maximum atomic E-state index is 3.25. The van der Waals surface area contributed by atoms with E-state index in [0.717, 1.165) is 0 Å². The van der Waals surface area contributed by atoms with Crippen molar-refractivity contribution in [3.63, 3.8) is 0 Å². The average molecular weight is 140 g/mol. The molecule has 0 aliphatic carbocycles. The van der Waals surface area contributed by atoms with Crippen LogP contribution in [0.25, 0.3) is 0 Å². The number of hydrogen-bond acceptors (Lipinski definition) is 0. The maximum absolute atomic E-state index is 3.25. The first-order valence-corrected chi connectivity index (χ1v) is 3.12. The minimum atomic E-state index is 0. The van der Waals surface area contributed by atoms with E-state index < -0.39 is 0 Å². The van der Waals surface area contributed by atoms with Gasteiger partial charge in [0.15, 0.2) is 0 Å². The third kappa shape index (κ3) is 25.4. The first-order chi connectivity index (χ1) is 3.41. The van der Waals surface area contributed by atoms with Gasteiger partial charge < -0.3 is 6.92 Å². The van der Waals surface area contributed by atoms with Crippen LogP contribution in [0, 0.1) is 6.92 Å². The topological polar surface area (TPSA) is 0 Å². The molecule has 0 heterocycles. The molecule has 0 unspecified atom stereocenters. The van der Waals surface area contributed by atoms with Crippen LogP contribution in [0.15, 0.2) is 0 Å². The molecule has 0 rings (SSSR count). The second-order valence-corrected chi connectivity index (χ2v) is 1.35. The van der Waals surface area contributed by atoms with E-state index in [9.17, 15) is 0 Å². The van der Waals surface area contributed by atoms with E-state index >= 15 is 0 Å². The molecule has 8 heavy (non-hydrogen) atoms. The standard InChI is InChI=1S/C5H12.C2H5.K/c1-3-5-4-2;1-2;/h3-5H2,1-2H3;1H2,2H3;/q;-1;+1. The molecule has 0 amide bonds. The average Bonchev–Trinajstić information content (AvgIpc) is 1.75. The van der Waals surface area contributed by atoms with Crippen molar-refractivity contribution in [1.29, 1.82) is 0 Å². The van der Waals surface area contributed by atoms with E-state index in [1.165, 1.54) is 19.3 Å². The van der Waals surface area contributed by atoms with Gasteiger partial charge in [0, 0.05) is 0 Å². The summed E-state index contributed by atoms with van der Waals surface area (Å²) in [7, 11) is 0. The molecule has 46 valence electrons. The van der Waals surface area contributed by atoms with Crippen molar-refractivity contribution in [2.75, 3.05) is 0 Å². The van der Waals surface area contributed by atoms with Crippen molar-refractivity contribution < 1.29 is 51.4 Å². The van der Waals surface area contributed by atoms with Crippen LogP contribution in [0.2, 0.25) is 0 Å². The molecule has 0 aromatic carbocycles. The van der Waals surface area contributed by atoms with Gasteiger partial charge in [0.1, 0.15) is 0 Å². The Labute approximate surface area is 96.9 Å². The van der Waals surface area contributed by atoms with Crippen molar-refractivity contribution in [3.05, 3.63) is 6.92 Å². The van der Waals surface area contributed by atoms with Crippen LogP contribution < -0.4 is 51.4 Å². The van der Waals surface area contributed by atoms with Crippen molar-refractivity contribution in [1.82, 2.24) is 0 Å². The summed E-state index contributed by atoms with van der Waals surface area (Å²) in [5.41, 5.74) is 0. The zero-order valence-electron chi connectivity index (χ0n) is 6.83. The van der Waals surface area contributed by atoms with Gasteiger partial charge in [0.05, 0.1) is 0 Å². The molecule has 0 N–H and O–H groups in total. The summed E-state index contributed by atoms with van der Waals surface area (Å²) < 4.78 is 0. The molecular weight excluding hydrogens is 123 g/mol. The molecule has 0 saturated carbocycles. The molecule has 0 nitrogen and oxygen atoms in total. The van der Waals surface area contributed by atoms with Crippen molar-refractivity contribution in [3.8, 4) is 0 Å². The molecule has 0 bridgehead atoms. The molecular formula is C7H17K. The molecule has 0 saturated heterocycles. The molecule has 0 aliphatic heterocycles. The van der Waals surface area contributed by atoms with E-state index in [2.05, 4.69) is 20.8 Å². The molecule has 0 atom stereocenters. The quantitative estimate of drug-likeness (QED) is 0.375. The summed E-state index contributed by atoms with van der Waals surface area (Å²) in [4.78, 5) is 0. The Morgan fingerprint density at radius 1 is 1.00 bits per heavy atom. The van der Waals surface area contributed by atoms with Crippen LogP contribution in [0.4, 0.5) is 0 Å². The largest absolute Gasteiger partial charge is 1.00 e. The Kier molecular flexibility index (Phi) is 47.8. The van der Waals surface area contributed by atoms with Gasteiger partial charge >= 0.3 is 51.4 Å². The van der Waals surface area contributed by atoms with Crippen LogP contribution >= 0.6 is 0 Å². The normalized spacial score (nSPS) is 6.00. The van der Waals surface area contributed by atoms with Crippen molar-refractivity contribution in [2.24, 2.45) is 0 Å². The van der Waals surface area contributed by atoms with Crippen LogP contribution in [-0.4, -0.2) is 0 Å². The Hall–Kier alpha value is 1.64. The van der Waals surface area contributed by atoms with Crippen LogP contribution in [0.1, 0.15) is 40.0 Å². The van der Waals surface area contributed by atoms with Crippen LogP contribution in [0.3, 0.4) is 0 Å². The smallest absolute Gasteiger partial charge is 0.346 e. The van der Waals surface area contributed by atoms with Gasteiger partial charge in [-0.05, 0) is 0 Å². The second-order valence-electron chi connectivity index (χ2n) is 1.35. The fraction of sp³-hybridized carbons (Fsp3) is 0.857. The predicted molar refractivity (Wildman–Crippen MR) is 36.2 cm³/mol. The van der Waals surface area contributed by atoms with Gasteiger partial charge in [-0.25, -0.2) is 0 Å². The monoisotopic (exact) mass is 140 g/mol. The first kappa shape index (κ1) is 16.3. The van der Waals surface area contributed by atoms with E-state index in [0.29, 0.717) is 0 Å². The predicted octanol–water partition coefficient (Wildman–Crippen LogP) is 0.0409. The maximum Gasteiger partial charge on any atom is 1.00 e. The van der Waals surface area contributed by atoms with Gasteiger partial charge in [0.25, 0.3) is 0 Å². The number of hydrogen-bond donors (Lipinski definition) is 0. The third-order valence-electron chi connectivity index (χ3n) is 0.707. The first-order valence-electron chi connectivity index (χ1n) is 3.12. The van der Waals surface area contributed by atoms with Gasteiger partial charge in [-0.2, -0.15) is 6.92 Å². The molecule has 0 aromatic rings. The fourth-order valence-electron chi connectivity index (χ4n) is 0.354. The fourth-order valence-corrected chi connectivity index (χ4v) is 0.354. The summed E-state index contributed by atoms with van der Waals surface area (Å²) in [5.74, 6) is 0. The molecule has 0 aromatic heterocycles. The Morgan fingerprint density at radius 3 is 1.25 bits per heavy atom. The van der Waals surface area contributed by atoms with Crippen LogP contribution in [0.5, 0.6) is 0 Å². The molecule has 0 radical (unpaired) electrons. The molecule has 0 fully saturated rings. The summed E-state index contributed by atoms with van der Waals surface area (Å²) in [6.07, 6.45) is 4.08. The Morgan fingerprint density at radius 2 is 1.25 bits per heavy atom. The summed E-state index contributed by atoms with van der Waals surface area (Å²) in [6, 6.07) is 0. The zero-order chi connectivity index (χ0) is 6.12. The summed E-state index contributed by atoms with van der Waals surface area (Å²) in [6.45, 7) is 9.42. The molecule has 0 spiro atoms. The van der Waals surface area contributed by atoms with Crippen molar-refractivity contribution in [2.45, 2.75) is 40.0 Å². The van der Waals surface area contributed by atoms with Gasteiger partial charge in [-0.1, -0.05) is 33.1 Å². The van der Waals surface area contributed by atoms with E-state index in [1.54, 1.807) is 6.92 Å². The van der Waals surface area contributed by atoms with Gasteiger partial charge in [0.2, 0.25) is 0 Å². The SMILES string of the molecule is CCCCC.[CH2-]C.[K+]. The van der Waals surface area contributed by atoms with E-state index in [1.807, 2.05) is 0 Å². The van der Waals surface area contributed by atoms with Crippen molar-refractivity contribution >= 4 is 0 Å². The summed E-state index contributed by atoms with van der Waals surface area (Å²) in [5, 5.41) is 0. The Balaban J connectivity index is -0.0000000750. The van der Waals surface area contributed by atoms with Gasteiger partial charge in [-0.15, -0.1) is 0 Å². The summed E-state index contributed by atoms with van der Waals surface area (Å²) >= 11 is 0.